The van der Waals surface area contributed by atoms with Gasteiger partial charge in [-0.1, -0.05) is 18.2 Å². The number of thiophene rings is 1. The molecule has 35 heavy (non-hydrogen) atoms. The molecule has 1 amide bonds. The van der Waals surface area contributed by atoms with E-state index in [2.05, 4.69) is 20.3 Å². The molecule has 0 saturated carbocycles. The molecule has 1 aliphatic rings. The van der Waals surface area contributed by atoms with Gasteiger partial charge in [0.1, 0.15) is 17.2 Å². The number of hydrogen-bond acceptors (Lipinski definition) is 8. The SMILES string of the molecule is Cc1sc2nc(=O)[nH]c(Nc3ccccc3C3=NCC(=O)N(C)c4ccc([N+](=O)[O-])cc43)c2c1C. The maximum atomic E-state index is 12.6. The molecule has 0 radical (unpaired) electrons. The van der Waals surface area contributed by atoms with Crippen molar-refractivity contribution >= 4 is 56.1 Å². The fourth-order valence-corrected chi connectivity index (χ4v) is 5.15. The number of non-ortho nitro benzene ring substituents is 1. The number of carbonyl (C=O) groups is 1. The van der Waals surface area contributed by atoms with E-state index in [1.54, 1.807) is 13.1 Å². The molecule has 0 bridgehead atoms. The van der Waals surface area contributed by atoms with Crippen molar-refractivity contribution in [3.05, 3.63) is 84.6 Å². The van der Waals surface area contributed by atoms with Crippen LogP contribution in [0.15, 0.2) is 52.3 Å². The lowest BCUT2D eigenvalue weighted by molar-refractivity contribution is -0.384. The van der Waals surface area contributed by atoms with Crippen LogP contribution >= 0.6 is 11.3 Å². The second-order valence-electron chi connectivity index (χ2n) is 8.13. The van der Waals surface area contributed by atoms with Gasteiger partial charge in [-0.15, -0.1) is 11.3 Å². The number of anilines is 3. The molecule has 176 valence electrons. The summed E-state index contributed by atoms with van der Waals surface area (Å²) in [6.07, 6.45) is 0. The number of H-pyrrole nitrogens is 1. The Morgan fingerprint density at radius 3 is 2.69 bits per heavy atom. The van der Waals surface area contributed by atoms with Crippen molar-refractivity contribution in [1.29, 1.82) is 0 Å². The van der Waals surface area contributed by atoms with Gasteiger partial charge in [-0.05, 0) is 31.5 Å². The molecule has 0 atom stereocenters. The quantitative estimate of drug-likeness (QED) is 0.329. The molecule has 1 aliphatic heterocycles. The molecule has 2 N–H and O–H groups in total. The molecule has 3 heterocycles. The summed E-state index contributed by atoms with van der Waals surface area (Å²) in [7, 11) is 1.62. The summed E-state index contributed by atoms with van der Waals surface area (Å²) in [6.45, 7) is 3.83. The number of rotatable bonds is 4. The number of benzene rings is 2. The van der Waals surface area contributed by atoms with Crippen LogP contribution in [0.3, 0.4) is 0 Å². The summed E-state index contributed by atoms with van der Waals surface area (Å²) in [6, 6.07) is 11.7. The van der Waals surface area contributed by atoms with Crippen molar-refractivity contribution in [2.45, 2.75) is 13.8 Å². The predicted octanol–water partition coefficient (Wildman–Crippen LogP) is 4.07. The Morgan fingerprint density at radius 1 is 1.14 bits per heavy atom. The highest BCUT2D eigenvalue weighted by atomic mass is 32.1. The first-order valence-corrected chi connectivity index (χ1v) is 11.5. The minimum absolute atomic E-state index is 0.103. The average Bonchev–Trinajstić information content (AvgIpc) is 3.05. The van der Waals surface area contributed by atoms with Gasteiger partial charge in [-0.25, -0.2) is 4.79 Å². The van der Waals surface area contributed by atoms with E-state index in [1.807, 2.05) is 38.1 Å². The number of nitrogens with one attached hydrogen (secondary N) is 2. The Bertz CT molecular complexity index is 1620. The molecule has 10 nitrogen and oxygen atoms in total. The summed E-state index contributed by atoms with van der Waals surface area (Å²) in [4.78, 5) is 50.4. The molecule has 2 aromatic heterocycles. The zero-order valence-corrected chi connectivity index (χ0v) is 19.9. The first kappa shape index (κ1) is 22.4. The number of aryl methyl sites for hydroxylation is 2. The van der Waals surface area contributed by atoms with Gasteiger partial charge in [0.05, 0.1) is 21.7 Å². The standard InChI is InChI=1S/C24H20N6O4S/c1-12-13(2)35-23-20(12)22(27-24(32)28-23)26-17-7-5-4-6-15(17)21-16-10-14(30(33)34)8-9-18(16)29(3)19(31)11-25-21/h4-10H,11H2,1-3H3,(H2,26,27,28,32). The Morgan fingerprint density at radius 2 is 1.91 bits per heavy atom. The normalized spacial score (nSPS) is 13.4. The number of carbonyl (C=O) groups excluding carboxylic acids is 1. The highest BCUT2D eigenvalue weighted by Gasteiger charge is 2.26. The van der Waals surface area contributed by atoms with Crippen LogP contribution in [0, 0.1) is 24.0 Å². The molecular weight excluding hydrogens is 468 g/mol. The minimum atomic E-state index is -0.477. The minimum Gasteiger partial charge on any atom is -0.341 e. The van der Waals surface area contributed by atoms with Gasteiger partial charge in [-0.2, -0.15) is 4.98 Å². The smallest absolute Gasteiger partial charge is 0.341 e. The third-order valence-corrected chi connectivity index (χ3v) is 7.15. The van der Waals surface area contributed by atoms with Crippen LogP contribution in [0.5, 0.6) is 0 Å². The zero-order chi connectivity index (χ0) is 24.9. The molecule has 0 unspecified atom stereocenters. The van der Waals surface area contributed by atoms with Crippen LogP contribution in [0.2, 0.25) is 0 Å². The second-order valence-corrected chi connectivity index (χ2v) is 9.33. The highest BCUT2D eigenvalue weighted by molar-refractivity contribution is 7.18. The van der Waals surface area contributed by atoms with Gasteiger partial charge >= 0.3 is 5.69 Å². The first-order valence-electron chi connectivity index (χ1n) is 10.7. The predicted molar refractivity (Wildman–Crippen MR) is 136 cm³/mol. The molecule has 5 rings (SSSR count). The van der Waals surface area contributed by atoms with Gasteiger partial charge in [0.25, 0.3) is 5.69 Å². The van der Waals surface area contributed by atoms with E-state index in [1.165, 1.54) is 28.4 Å². The van der Waals surface area contributed by atoms with E-state index < -0.39 is 10.6 Å². The highest BCUT2D eigenvalue weighted by Crippen LogP contribution is 2.35. The van der Waals surface area contributed by atoms with E-state index >= 15 is 0 Å². The third-order valence-electron chi connectivity index (χ3n) is 6.05. The maximum Gasteiger partial charge on any atom is 0.347 e. The number of hydrogen-bond donors (Lipinski definition) is 2. The first-order chi connectivity index (χ1) is 16.7. The summed E-state index contributed by atoms with van der Waals surface area (Å²) in [5.41, 5.74) is 3.12. The largest absolute Gasteiger partial charge is 0.347 e. The molecule has 0 fully saturated rings. The summed E-state index contributed by atoms with van der Waals surface area (Å²) >= 11 is 1.45. The van der Waals surface area contributed by atoms with Gasteiger partial charge in [0.15, 0.2) is 0 Å². The summed E-state index contributed by atoms with van der Waals surface area (Å²) < 4.78 is 0. The summed E-state index contributed by atoms with van der Waals surface area (Å²) in [5.74, 6) is 0.265. The molecular formula is C24H20N6O4S. The zero-order valence-electron chi connectivity index (χ0n) is 19.1. The number of para-hydroxylation sites is 1. The van der Waals surface area contributed by atoms with Crippen molar-refractivity contribution in [2.75, 3.05) is 23.8 Å². The number of aliphatic imine (C=N–C) groups is 1. The number of likely N-dealkylation sites (N-methyl/N-ethyl adjacent to an activating group) is 1. The molecule has 2 aromatic carbocycles. The van der Waals surface area contributed by atoms with Crippen molar-refractivity contribution in [1.82, 2.24) is 9.97 Å². The fraction of sp³-hybridized carbons (Fsp3) is 0.167. The second kappa shape index (κ2) is 8.44. The lowest BCUT2D eigenvalue weighted by Crippen LogP contribution is -2.27. The Kier molecular flexibility index (Phi) is 5.40. The van der Waals surface area contributed by atoms with Gasteiger partial charge in [0, 0.05) is 40.9 Å². The van der Waals surface area contributed by atoms with E-state index in [0.717, 1.165) is 15.8 Å². The summed E-state index contributed by atoms with van der Waals surface area (Å²) in [5, 5.41) is 15.6. The fourth-order valence-electron chi connectivity index (χ4n) is 4.12. The third kappa shape index (κ3) is 3.85. The van der Waals surface area contributed by atoms with Crippen LogP contribution in [-0.4, -0.2) is 40.1 Å². The number of benzodiazepines with no additional fused rings is 1. The number of amides is 1. The molecule has 4 aromatic rings. The van der Waals surface area contributed by atoms with Crippen LogP contribution in [0.25, 0.3) is 10.2 Å². The van der Waals surface area contributed by atoms with Gasteiger partial charge < -0.3 is 10.2 Å². The van der Waals surface area contributed by atoms with Gasteiger partial charge in [0.2, 0.25) is 5.91 Å². The van der Waals surface area contributed by atoms with Crippen LogP contribution < -0.4 is 15.9 Å². The number of nitro benzene ring substituents is 1. The van der Waals surface area contributed by atoms with Crippen molar-refractivity contribution in [2.24, 2.45) is 4.99 Å². The van der Waals surface area contributed by atoms with Crippen LogP contribution in [0.1, 0.15) is 21.6 Å². The number of aromatic nitrogens is 2. The lowest BCUT2D eigenvalue weighted by atomic mass is 9.98. The van der Waals surface area contributed by atoms with Crippen molar-refractivity contribution in [3.8, 4) is 0 Å². The van der Waals surface area contributed by atoms with E-state index in [9.17, 15) is 19.7 Å². The molecule has 0 aliphatic carbocycles. The number of nitro groups is 1. The number of aromatic amines is 1. The molecule has 11 heteroatoms. The Labute approximate surface area is 203 Å². The number of fused-ring (bicyclic) bond motifs is 2. The topological polar surface area (TPSA) is 134 Å². The maximum absolute atomic E-state index is 12.6. The van der Waals surface area contributed by atoms with E-state index in [4.69, 9.17) is 0 Å². The average molecular weight is 489 g/mol. The Balaban J connectivity index is 1.69. The van der Waals surface area contributed by atoms with Crippen molar-refractivity contribution in [3.63, 3.8) is 0 Å². The van der Waals surface area contributed by atoms with E-state index in [-0.39, 0.29) is 18.1 Å². The monoisotopic (exact) mass is 488 g/mol. The van der Waals surface area contributed by atoms with Crippen LogP contribution in [-0.2, 0) is 4.79 Å². The van der Waals surface area contributed by atoms with Gasteiger partial charge in [-0.3, -0.25) is 24.9 Å². The molecule has 0 saturated heterocycles. The van der Waals surface area contributed by atoms with Crippen molar-refractivity contribution < 1.29 is 9.72 Å². The lowest BCUT2D eigenvalue weighted by Gasteiger charge is -2.19. The Hall–Kier alpha value is -4.38. The number of nitrogens with zero attached hydrogens (tertiary/aromatic N) is 4. The molecule has 0 spiro atoms. The van der Waals surface area contributed by atoms with Crippen LogP contribution in [0.4, 0.5) is 22.9 Å². The van der Waals surface area contributed by atoms with E-state index in [0.29, 0.717) is 38.9 Å².